The molecule has 0 spiro atoms. The van der Waals surface area contributed by atoms with Gasteiger partial charge in [0.15, 0.2) is 4.47 Å². The summed E-state index contributed by atoms with van der Waals surface area (Å²) < 4.78 is 0.311. The van der Waals surface area contributed by atoms with Gasteiger partial charge < -0.3 is 0 Å². The molecule has 0 amide bonds. The molecule has 0 unspecified atom stereocenters. The minimum atomic E-state index is 0.194. The highest BCUT2D eigenvalue weighted by atomic mass is 35.5. The van der Waals surface area contributed by atoms with Crippen LogP contribution < -0.4 is 0 Å². The van der Waals surface area contributed by atoms with Crippen LogP contribution in [0.4, 0.5) is 5.00 Å². The van der Waals surface area contributed by atoms with Gasteiger partial charge in [0.25, 0.3) is 5.00 Å². The standard InChI is InChI=1S/C4Cl2N2S/c1-7-3-2(5)8-4(6)9-3. The smallest absolute Gasteiger partial charge is 0.226 e. The van der Waals surface area contributed by atoms with Crippen LogP contribution >= 0.6 is 34.5 Å². The lowest BCUT2D eigenvalue weighted by Crippen LogP contribution is -1.56. The normalized spacial score (nSPS) is 9.00. The molecule has 0 aliphatic rings. The van der Waals surface area contributed by atoms with Crippen LogP contribution in [0.15, 0.2) is 0 Å². The van der Waals surface area contributed by atoms with Gasteiger partial charge in [-0.3, -0.25) is 0 Å². The Morgan fingerprint density at radius 1 is 1.56 bits per heavy atom. The van der Waals surface area contributed by atoms with Gasteiger partial charge in [0, 0.05) is 0 Å². The van der Waals surface area contributed by atoms with Gasteiger partial charge in [0.05, 0.1) is 6.57 Å². The van der Waals surface area contributed by atoms with E-state index in [1.807, 2.05) is 0 Å². The van der Waals surface area contributed by atoms with Crippen molar-refractivity contribution in [3.63, 3.8) is 0 Å². The minimum absolute atomic E-state index is 0.194. The number of aromatic nitrogens is 1. The number of rotatable bonds is 0. The van der Waals surface area contributed by atoms with Crippen LogP contribution in [0.1, 0.15) is 0 Å². The molecule has 0 atom stereocenters. The van der Waals surface area contributed by atoms with Crippen LogP contribution in [0.5, 0.6) is 0 Å². The predicted octanol–water partition coefficient (Wildman–Crippen LogP) is 3.00. The summed E-state index contributed by atoms with van der Waals surface area (Å²) in [5.41, 5.74) is 0. The highest BCUT2D eigenvalue weighted by molar-refractivity contribution is 7.20. The molecule has 1 aromatic heterocycles. The summed E-state index contributed by atoms with van der Waals surface area (Å²) in [4.78, 5) is 6.70. The topological polar surface area (TPSA) is 17.2 Å². The number of hydrogen-bond acceptors (Lipinski definition) is 2. The molecule has 1 aromatic rings. The Balaban J connectivity index is 3.20. The van der Waals surface area contributed by atoms with E-state index in [2.05, 4.69) is 9.83 Å². The van der Waals surface area contributed by atoms with E-state index in [-0.39, 0.29) is 5.15 Å². The van der Waals surface area contributed by atoms with Crippen molar-refractivity contribution in [1.29, 1.82) is 0 Å². The van der Waals surface area contributed by atoms with E-state index in [9.17, 15) is 0 Å². The average Bonchev–Trinajstić information content (AvgIpc) is 2.10. The molecule has 0 radical (unpaired) electrons. The summed E-state index contributed by atoms with van der Waals surface area (Å²) in [7, 11) is 0. The van der Waals surface area contributed by atoms with Crippen LogP contribution in [0.3, 0.4) is 0 Å². The van der Waals surface area contributed by atoms with E-state index in [0.717, 1.165) is 11.3 Å². The molecule has 0 aliphatic heterocycles. The molecular weight excluding hydrogens is 179 g/mol. The zero-order valence-corrected chi connectivity index (χ0v) is 6.39. The Hall–Kier alpha value is -0.300. The summed E-state index contributed by atoms with van der Waals surface area (Å²) in [6.45, 7) is 6.55. The Morgan fingerprint density at radius 3 is 2.44 bits per heavy atom. The molecule has 0 aromatic carbocycles. The lowest BCUT2D eigenvalue weighted by atomic mass is 10.9. The van der Waals surface area contributed by atoms with Crippen molar-refractivity contribution in [2.24, 2.45) is 0 Å². The molecule has 46 valence electrons. The monoisotopic (exact) mass is 178 g/mol. The van der Waals surface area contributed by atoms with Crippen molar-refractivity contribution < 1.29 is 0 Å². The third-order valence-electron chi connectivity index (χ3n) is 0.645. The van der Waals surface area contributed by atoms with E-state index in [1.165, 1.54) is 0 Å². The molecule has 0 aliphatic carbocycles. The van der Waals surface area contributed by atoms with Crippen molar-refractivity contribution in [3.05, 3.63) is 21.0 Å². The van der Waals surface area contributed by atoms with Crippen LogP contribution in [-0.4, -0.2) is 4.98 Å². The van der Waals surface area contributed by atoms with E-state index in [0.29, 0.717) is 9.47 Å². The van der Waals surface area contributed by atoms with Crippen LogP contribution in [0.2, 0.25) is 9.62 Å². The molecule has 2 nitrogen and oxygen atoms in total. The summed E-state index contributed by atoms with van der Waals surface area (Å²) in [6.07, 6.45) is 0. The summed E-state index contributed by atoms with van der Waals surface area (Å²) >= 11 is 12.0. The zero-order valence-electron chi connectivity index (χ0n) is 4.06. The second-order valence-electron chi connectivity index (χ2n) is 1.17. The maximum atomic E-state index is 6.55. The lowest BCUT2D eigenvalue weighted by Gasteiger charge is -1.72. The van der Waals surface area contributed by atoms with Crippen LogP contribution in [-0.2, 0) is 0 Å². The quantitative estimate of drug-likeness (QED) is 0.559. The second-order valence-corrected chi connectivity index (χ2v) is 3.09. The zero-order chi connectivity index (χ0) is 6.85. The Kier molecular flexibility index (Phi) is 1.91. The molecule has 0 saturated heterocycles. The van der Waals surface area contributed by atoms with Gasteiger partial charge in [-0.05, 0) is 0 Å². The maximum Gasteiger partial charge on any atom is 0.280 e. The fourth-order valence-electron chi connectivity index (χ4n) is 0.339. The highest BCUT2D eigenvalue weighted by Crippen LogP contribution is 2.33. The van der Waals surface area contributed by atoms with E-state index < -0.39 is 0 Å². The van der Waals surface area contributed by atoms with Crippen molar-refractivity contribution in [2.45, 2.75) is 0 Å². The molecule has 1 rings (SSSR count). The number of hydrogen-bond donors (Lipinski definition) is 0. The Bertz CT molecular complexity index is 262. The molecule has 0 bridgehead atoms. The van der Waals surface area contributed by atoms with Gasteiger partial charge in [0.2, 0.25) is 0 Å². The van der Waals surface area contributed by atoms with Gasteiger partial charge in [-0.25, -0.2) is 9.83 Å². The first kappa shape index (κ1) is 6.81. The SMILES string of the molecule is [C-]#[N+]c1sc(Cl)nc1Cl. The Labute approximate surface area is 65.9 Å². The molecule has 9 heavy (non-hydrogen) atoms. The van der Waals surface area contributed by atoms with Gasteiger partial charge in [-0.15, -0.1) is 11.3 Å². The van der Waals surface area contributed by atoms with E-state index in [1.54, 1.807) is 0 Å². The summed E-state index contributed by atoms with van der Waals surface area (Å²) in [6, 6.07) is 0. The highest BCUT2D eigenvalue weighted by Gasteiger charge is 2.05. The minimum Gasteiger partial charge on any atom is -0.226 e. The fourth-order valence-corrected chi connectivity index (χ4v) is 1.45. The summed E-state index contributed by atoms with van der Waals surface area (Å²) in [5.74, 6) is 0. The molecule has 0 fully saturated rings. The van der Waals surface area contributed by atoms with Gasteiger partial charge in [-0.1, -0.05) is 23.2 Å². The van der Waals surface area contributed by atoms with Crippen molar-refractivity contribution in [2.75, 3.05) is 0 Å². The lowest BCUT2D eigenvalue weighted by molar-refractivity contribution is 1.43. The first-order valence-corrected chi connectivity index (χ1v) is 3.50. The third-order valence-corrected chi connectivity index (χ3v) is 2.07. The van der Waals surface area contributed by atoms with Crippen molar-refractivity contribution >= 4 is 39.5 Å². The van der Waals surface area contributed by atoms with E-state index in [4.69, 9.17) is 29.8 Å². The fraction of sp³-hybridized carbons (Fsp3) is 0. The molecule has 0 N–H and O–H groups in total. The molecule has 0 saturated carbocycles. The van der Waals surface area contributed by atoms with Gasteiger partial charge >= 0.3 is 0 Å². The molecule has 1 heterocycles. The largest absolute Gasteiger partial charge is 0.280 e. The molecule has 5 heteroatoms. The second kappa shape index (κ2) is 2.53. The van der Waals surface area contributed by atoms with Crippen molar-refractivity contribution in [3.8, 4) is 0 Å². The first-order chi connectivity index (χ1) is 4.24. The van der Waals surface area contributed by atoms with E-state index >= 15 is 0 Å². The number of thiazole rings is 1. The maximum absolute atomic E-state index is 6.55. The summed E-state index contributed by atoms with van der Waals surface area (Å²) in [5, 5.41) is 0.543. The predicted molar refractivity (Wildman–Crippen MR) is 38.4 cm³/mol. The first-order valence-electron chi connectivity index (χ1n) is 1.93. The number of halogens is 2. The Morgan fingerprint density at radius 2 is 2.22 bits per heavy atom. The third kappa shape index (κ3) is 1.33. The van der Waals surface area contributed by atoms with Crippen molar-refractivity contribution in [1.82, 2.24) is 4.98 Å². The van der Waals surface area contributed by atoms with Crippen LogP contribution in [0.25, 0.3) is 4.85 Å². The van der Waals surface area contributed by atoms with Gasteiger partial charge in [-0.2, -0.15) is 0 Å². The van der Waals surface area contributed by atoms with Gasteiger partial charge in [0.1, 0.15) is 5.15 Å². The average molecular weight is 179 g/mol. The van der Waals surface area contributed by atoms with Crippen LogP contribution in [0, 0.1) is 6.57 Å². The number of nitrogens with zero attached hydrogens (tertiary/aromatic N) is 2. The molecular formula is C4Cl2N2S.